The highest BCUT2D eigenvalue weighted by Crippen LogP contribution is 2.28. The Hall–Kier alpha value is -0.940. The number of carbonyl (C=O) groups excluding carboxylic acids is 2. The van der Waals surface area contributed by atoms with Crippen molar-refractivity contribution in [1.82, 2.24) is 10.2 Å². The van der Waals surface area contributed by atoms with Gasteiger partial charge in [0.1, 0.15) is 0 Å². The fraction of sp³-hybridized carbons (Fsp3) is 0.800. The Labute approximate surface area is 89.0 Å². The van der Waals surface area contributed by atoms with Gasteiger partial charge in [0.2, 0.25) is 11.8 Å². The van der Waals surface area contributed by atoms with Crippen molar-refractivity contribution in [2.24, 2.45) is 17.6 Å². The van der Waals surface area contributed by atoms with Crippen molar-refractivity contribution in [2.45, 2.75) is 12.8 Å². The molecule has 5 heteroatoms. The number of hydrogen-bond donors (Lipinski definition) is 2. The Morgan fingerprint density at radius 1 is 1.33 bits per heavy atom. The van der Waals surface area contributed by atoms with Gasteiger partial charge in [0.05, 0.1) is 11.8 Å². The van der Waals surface area contributed by atoms with Gasteiger partial charge in [-0.05, 0) is 32.5 Å². The zero-order valence-corrected chi connectivity index (χ0v) is 8.74. The van der Waals surface area contributed by atoms with Gasteiger partial charge in [-0.2, -0.15) is 0 Å². The first-order chi connectivity index (χ1) is 7.22. The average Bonchev–Trinajstić information content (AvgIpc) is 2.52. The molecule has 15 heavy (non-hydrogen) atoms. The summed E-state index contributed by atoms with van der Waals surface area (Å²) in [5.74, 6) is -0.374. The molecule has 2 aliphatic heterocycles. The third kappa shape index (κ3) is 2.03. The summed E-state index contributed by atoms with van der Waals surface area (Å²) < 4.78 is 0. The summed E-state index contributed by atoms with van der Waals surface area (Å²) in [5.41, 5.74) is 5.44. The predicted octanol–water partition coefficient (Wildman–Crippen LogP) is -1.07. The molecule has 84 valence electrons. The molecular formula is C10H17N3O2. The number of piperidine rings is 1. The molecule has 0 spiro atoms. The lowest BCUT2D eigenvalue weighted by Crippen LogP contribution is -2.42. The van der Waals surface area contributed by atoms with E-state index in [0.717, 1.165) is 25.9 Å². The Morgan fingerprint density at radius 2 is 2.07 bits per heavy atom. The second-order valence-corrected chi connectivity index (χ2v) is 4.30. The fourth-order valence-electron chi connectivity index (χ4n) is 2.42. The van der Waals surface area contributed by atoms with Crippen molar-refractivity contribution in [2.75, 3.05) is 26.2 Å². The van der Waals surface area contributed by atoms with Crippen LogP contribution in [0.2, 0.25) is 0 Å². The molecule has 2 rings (SSSR count). The van der Waals surface area contributed by atoms with Crippen molar-refractivity contribution in [1.29, 1.82) is 0 Å². The molecule has 2 aliphatic rings. The summed E-state index contributed by atoms with van der Waals surface area (Å²) >= 11 is 0. The number of carbonyl (C=O) groups is 2. The van der Waals surface area contributed by atoms with Crippen LogP contribution >= 0.6 is 0 Å². The minimum Gasteiger partial charge on any atom is -0.330 e. The highest BCUT2D eigenvalue weighted by molar-refractivity contribution is 6.05. The van der Waals surface area contributed by atoms with Crippen LogP contribution < -0.4 is 11.1 Å². The van der Waals surface area contributed by atoms with Crippen LogP contribution in [0, 0.1) is 11.8 Å². The summed E-state index contributed by atoms with van der Waals surface area (Å²) in [6.07, 6.45) is 1.75. The van der Waals surface area contributed by atoms with Gasteiger partial charge in [0.15, 0.2) is 0 Å². The van der Waals surface area contributed by atoms with Crippen LogP contribution in [0.4, 0.5) is 0 Å². The number of likely N-dealkylation sites (tertiary alicyclic amines) is 1. The molecule has 2 amide bonds. The van der Waals surface area contributed by atoms with Gasteiger partial charge < -0.3 is 10.6 Å². The number of imide groups is 1. The van der Waals surface area contributed by atoms with E-state index in [2.05, 4.69) is 10.2 Å². The number of amides is 2. The third-order valence-electron chi connectivity index (χ3n) is 3.30. The molecule has 5 nitrogen and oxygen atoms in total. The molecular weight excluding hydrogens is 194 g/mol. The standard InChI is InChI=1S/C10H17N3O2/c11-3-1-4-13-5-2-7-8(6-13)10(15)12-9(7)14/h7-8H,1-6,11H2,(H,12,14,15). The molecule has 0 aliphatic carbocycles. The maximum Gasteiger partial charge on any atom is 0.231 e. The van der Waals surface area contributed by atoms with E-state index in [0.29, 0.717) is 13.1 Å². The van der Waals surface area contributed by atoms with Gasteiger partial charge in [-0.25, -0.2) is 0 Å². The molecule has 0 aromatic rings. The number of nitrogens with zero attached hydrogens (tertiary/aromatic N) is 1. The van der Waals surface area contributed by atoms with E-state index in [1.54, 1.807) is 0 Å². The van der Waals surface area contributed by atoms with E-state index in [1.165, 1.54) is 0 Å². The minimum atomic E-state index is -0.121. The summed E-state index contributed by atoms with van der Waals surface area (Å²) in [7, 11) is 0. The van der Waals surface area contributed by atoms with E-state index in [1.807, 2.05) is 0 Å². The van der Waals surface area contributed by atoms with Crippen molar-refractivity contribution < 1.29 is 9.59 Å². The second-order valence-electron chi connectivity index (χ2n) is 4.30. The van der Waals surface area contributed by atoms with Crippen LogP contribution in [0.5, 0.6) is 0 Å². The van der Waals surface area contributed by atoms with Crippen molar-refractivity contribution in [3.63, 3.8) is 0 Å². The molecule has 0 radical (unpaired) electrons. The van der Waals surface area contributed by atoms with Gasteiger partial charge >= 0.3 is 0 Å². The molecule has 2 unspecified atom stereocenters. The average molecular weight is 211 g/mol. The number of rotatable bonds is 3. The van der Waals surface area contributed by atoms with Crippen LogP contribution in [0.25, 0.3) is 0 Å². The first-order valence-electron chi connectivity index (χ1n) is 5.49. The van der Waals surface area contributed by atoms with Crippen LogP contribution in [0.15, 0.2) is 0 Å². The first kappa shape index (κ1) is 10.6. The van der Waals surface area contributed by atoms with Crippen LogP contribution in [0.3, 0.4) is 0 Å². The van der Waals surface area contributed by atoms with E-state index < -0.39 is 0 Å². The molecule has 0 bridgehead atoms. The Morgan fingerprint density at radius 3 is 2.80 bits per heavy atom. The SMILES string of the molecule is NCCCN1CCC2C(=O)NC(=O)C2C1. The van der Waals surface area contributed by atoms with Gasteiger partial charge in [-0.15, -0.1) is 0 Å². The number of hydrogen-bond acceptors (Lipinski definition) is 4. The Kier molecular flexibility index (Phi) is 3.02. The summed E-state index contributed by atoms with van der Waals surface area (Å²) in [4.78, 5) is 25.1. The van der Waals surface area contributed by atoms with E-state index in [-0.39, 0.29) is 23.7 Å². The zero-order chi connectivity index (χ0) is 10.8. The molecule has 3 N–H and O–H groups in total. The number of fused-ring (bicyclic) bond motifs is 1. The van der Waals surface area contributed by atoms with E-state index >= 15 is 0 Å². The van der Waals surface area contributed by atoms with E-state index in [9.17, 15) is 9.59 Å². The van der Waals surface area contributed by atoms with Crippen molar-refractivity contribution in [3.8, 4) is 0 Å². The summed E-state index contributed by atoms with van der Waals surface area (Å²) in [6, 6.07) is 0. The highest BCUT2D eigenvalue weighted by atomic mass is 16.2. The zero-order valence-electron chi connectivity index (χ0n) is 8.74. The van der Waals surface area contributed by atoms with Crippen LogP contribution in [-0.2, 0) is 9.59 Å². The molecule has 2 heterocycles. The summed E-state index contributed by atoms with van der Waals surface area (Å²) in [6.45, 7) is 3.22. The monoisotopic (exact) mass is 211 g/mol. The Bertz CT molecular complexity index is 280. The Balaban J connectivity index is 1.93. The molecule has 2 atom stereocenters. The van der Waals surface area contributed by atoms with Crippen LogP contribution in [0.1, 0.15) is 12.8 Å². The van der Waals surface area contributed by atoms with Gasteiger partial charge in [0.25, 0.3) is 0 Å². The van der Waals surface area contributed by atoms with E-state index in [4.69, 9.17) is 5.73 Å². The minimum absolute atomic E-state index is 0.0772. The number of nitrogens with one attached hydrogen (secondary N) is 1. The first-order valence-corrected chi connectivity index (χ1v) is 5.49. The van der Waals surface area contributed by atoms with Gasteiger partial charge in [0, 0.05) is 6.54 Å². The third-order valence-corrected chi connectivity index (χ3v) is 3.30. The van der Waals surface area contributed by atoms with Gasteiger partial charge in [-0.1, -0.05) is 0 Å². The lowest BCUT2D eigenvalue weighted by molar-refractivity contribution is -0.126. The predicted molar refractivity (Wildman–Crippen MR) is 54.9 cm³/mol. The smallest absolute Gasteiger partial charge is 0.231 e. The van der Waals surface area contributed by atoms with Crippen LogP contribution in [-0.4, -0.2) is 42.9 Å². The number of nitrogens with two attached hydrogens (primary N) is 1. The van der Waals surface area contributed by atoms with Crippen molar-refractivity contribution >= 4 is 11.8 Å². The second kappa shape index (κ2) is 4.28. The van der Waals surface area contributed by atoms with Gasteiger partial charge in [-0.3, -0.25) is 14.9 Å². The molecule has 0 aromatic carbocycles. The molecule has 0 saturated carbocycles. The molecule has 2 saturated heterocycles. The maximum absolute atomic E-state index is 11.5. The molecule has 0 aromatic heterocycles. The molecule has 2 fully saturated rings. The lowest BCUT2D eigenvalue weighted by Gasteiger charge is -2.32. The fourth-order valence-corrected chi connectivity index (χ4v) is 2.42. The normalized spacial score (nSPS) is 31.5. The largest absolute Gasteiger partial charge is 0.330 e. The van der Waals surface area contributed by atoms with Crippen molar-refractivity contribution in [3.05, 3.63) is 0 Å². The quantitative estimate of drug-likeness (QED) is 0.583. The topological polar surface area (TPSA) is 75.4 Å². The maximum atomic E-state index is 11.5. The lowest BCUT2D eigenvalue weighted by atomic mass is 9.88. The highest BCUT2D eigenvalue weighted by Gasteiger charge is 2.44. The summed E-state index contributed by atoms with van der Waals surface area (Å²) in [5, 5.41) is 2.41.